The first-order valence-corrected chi connectivity index (χ1v) is 9.14. The smallest absolute Gasteiger partial charge is 0.347 e. The molecule has 0 unspecified atom stereocenters. The van der Waals surface area contributed by atoms with Crippen molar-refractivity contribution in [3.8, 4) is 22.1 Å². The summed E-state index contributed by atoms with van der Waals surface area (Å²) in [6.07, 6.45) is 0. The first-order valence-electron chi connectivity index (χ1n) is 8.33. The zero-order valence-electron chi connectivity index (χ0n) is 14.9. The lowest BCUT2D eigenvalue weighted by atomic mass is 10.2. The van der Waals surface area contributed by atoms with Crippen molar-refractivity contribution >= 4 is 17.3 Å². The van der Waals surface area contributed by atoms with Gasteiger partial charge in [0.25, 0.3) is 0 Å². The van der Waals surface area contributed by atoms with Crippen LogP contribution in [0.4, 0.5) is 4.39 Å². The van der Waals surface area contributed by atoms with Gasteiger partial charge in [-0.3, -0.25) is 0 Å². The first kappa shape index (κ1) is 18.8. The molecule has 0 spiro atoms. The van der Waals surface area contributed by atoms with Gasteiger partial charge in [-0.2, -0.15) is 0 Å². The van der Waals surface area contributed by atoms with E-state index in [1.54, 1.807) is 31.2 Å². The number of aryl methyl sites for hydroxylation is 1. The number of aromatic carboxylic acids is 1. The molecule has 1 heterocycles. The maximum Gasteiger partial charge on any atom is 0.347 e. The molecule has 2 aromatic carbocycles. The molecule has 0 saturated heterocycles. The highest BCUT2D eigenvalue weighted by atomic mass is 32.1. The van der Waals surface area contributed by atoms with Crippen LogP contribution >= 0.6 is 11.3 Å². The molecule has 0 bridgehead atoms. The summed E-state index contributed by atoms with van der Waals surface area (Å²) in [5, 5.41) is 9.81. The number of rotatable bonds is 7. The third-order valence-corrected chi connectivity index (χ3v) is 4.98. The second kappa shape index (κ2) is 8.18. The van der Waals surface area contributed by atoms with Crippen molar-refractivity contribution in [3.05, 3.63) is 64.4 Å². The molecule has 0 aliphatic carbocycles. The van der Waals surface area contributed by atoms with E-state index in [1.165, 1.54) is 12.1 Å². The van der Waals surface area contributed by atoms with E-state index in [4.69, 9.17) is 9.47 Å². The zero-order chi connectivity index (χ0) is 19.4. The van der Waals surface area contributed by atoms with Crippen molar-refractivity contribution in [2.45, 2.75) is 20.5 Å². The van der Waals surface area contributed by atoms with Crippen LogP contribution in [0.3, 0.4) is 0 Å². The van der Waals surface area contributed by atoms with Crippen LogP contribution in [0, 0.1) is 12.7 Å². The molecule has 7 heteroatoms. The summed E-state index contributed by atoms with van der Waals surface area (Å²) in [6.45, 7) is 4.27. The molecule has 0 radical (unpaired) electrons. The van der Waals surface area contributed by atoms with Gasteiger partial charge in [0.05, 0.1) is 12.3 Å². The van der Waals surface area contributed by atoms with Crippen molar-refractivity contribution < 1.29 is 23.8 Å². The molecule has 0 fully saturated rings. The van der Waals surface area contributed by atoms with Crippen LogP contribution < -0.4 is 9.47 Å². The summed E-state index contributed by atoms with van der Waals surface area (Å²) in [4.78, 5) is 15.8. The fraction of sp³-hybridized carbons (Fsp3) is 0.200. The lowest BCUT2D eigenvalue weighted by molar-refractivity contribution is 0.0701. The average molecular weight is 387 g/mol. The van der Waals surface area contributed by atoms with E-state index in [0.29, 0.717) is 28.8 Å². The van der Waals surface area contributed by atoms with E-state index >= 15 is 0 Å². The lowest BCUT2D eigenvalue weighted by Crippen LogP contribution is -2.00. The van der Waals surface area contributed by atoms with Gasteiger partial charge in [0.1, 0.15) is 22.3 Å². The summed E-state index contributed by atoms with van der Waals surface area (Å²) in [5.41, 5.74) is 2.08. The van der Waals surface area contributed by atoms with E-state index in [-0.39, 0.29) is 17.3 Å². The van der Waals surface area contributed by atoms with Crippen molar-refractivity contribution in [2.75, 3.05) is 6.61 Å². The summed E-state index contributed by atoms with van der Waals surface area (Å²) in [5.74, 6) is -0.184. The van der Waals surface area contributed by atoms with Gasteiger partial charge < -0.3 is 14.6 Å². The molecular formula is C20H18FNO4S. The molecular weight excluding hydrogens is 369 g/mol. The molecule has 5 nitrogen and oxygen atoms in total. The largest absolute Gasteiger partial charge is 0.490 e. The van der Waals surface area contributed by atoms with E-state index in [9.17, 15) is 14.3 Å². The van der Waals surface area contributed by atoms with Crippen LogP contribution in [0.2, 0.25) is 0 Å². The van der Waals surface area contributed by atoms with Gasteiger partial charge in [-0.1, -0.05) is 12.1 Å². The molecule has 1 aromatic heterocycles. The number of carboxylic acids is 1. The normalized spacial score (nSPS) is 10.6. The topological polar surface area (TPSA) is 68.7 Å². The van der Waals surface area contributed by atoms with Gasteiger partial charge >= 0.3 is 5.97 Å². The fourth-order valence-corrected chi connectivity index (χ4v) is 3.39. The minimum Gasteiger partial charge on any atom is -0.490 e. The number of hydrogen-bond acceptors (Lipinski definition) is 5. The number of nitrogens with zero attached hydrogens (tertiary/aromatic N) is 1. The maximum atomic E-state index is 13.0. The molecule has 0 aliphatic heterocycles. The van der Waals surface area contributed by atoms with Crippen molar-refractivity contribution in [2.24, 2.45) is 0 Å². The Hall–Kier alpha value is -2.93. The highest BCUT2D eigenvalue weighted by Crippen LogP contribution is 2.35. The highest BCUT2D eigenvalue weighted by molar-refractivity contribution is 7.17. The van der Waals surface area contributed by atoms with E-state index in [2.05, 4.69) is 4.98 Å². The Morgan fingerprint density at radius 3 is 2.52 bits per heavy atom. The third kappa shape index (κ3) is 4.43. The number of benzene rings is 2. The molecule has 0 aliphatic rings. The van der Waals surface area contributed by atoms with E-state index in [1.807, 2.05) is 13.0 Å². The second-order valence-corrected chi connectivity index (χ2v) is 6.75. The van der Waals surface area contributed by atoms with Crippen molar-refractivity contribution in [1.82, 2.24) is 4.98 Å². The maximum absolute atomic E-state index is 13.0. The number of aromatic nitrogens is 1. The summed E-state index contributed by atoms with van der Waals surface area (Å²) >= 11 is 1.12. The molecule has 0 saturated carbocycles. The predicted octanol–water partition coefficient (Wildman–Crippen LogP) is 4.93. The number of ether oxygens (including phenoxy) is 2. The quantitative estimate of drug-likeness (QED) is 0.622. The molecule has 1 N–H and O–H groups in total. The monoisotopic (exact) mass is 387 g/mol. The molecule has 0 amide bonds. The van der Waals surface area contributed by atoms with Gasteiger partial charge in [0.2, 0.25) is 0 Å². The molecule has 3 aromatic rings. The van der Waals surface area contributed by atoms with E-state index in [0.717, 1.165) is 22.5 Å². The van der Waals surface area contributed by atoms with Gasteiger partial charge in [-0.15, -0.1) is 11.3 Å². The average Bonchev–Trinajstić information content (AvgIpc) is 3.04. The second-order valence-electron chi connectivity index (χ2n) is 5.75. The molecule has 3 rings (SSSR count). The van der Waals surface area contributed by atoms with Crippen molar-refractivity contribution in [1.29, 1.82) is 0 Å². The SMILES string of the molecule is CCOc1cc(-c2nc(C)c(C(=O)O)s2)ccc1OCc1ccc(F)cc1. The third-order valence-electron chi connectivity index (χ3n) is 3.79. The van der Waals surface area contributed by atoms with Crippen LogP contribution in [0.15, 0.2) is 42.5 Å². The van der Waals surface area contributed by atoms with Gasteiger partial charge in [-0.05, 0) is 49.7 Å². The number of halogens is 1. The lowest BCUT2D eigenvalue weighted by Gasteiger charge is -2.13. The van der Waals surface area contributed by atoms with E-state index < -0.39 is 5.97 Å². The standard InChI is InChI=1S/C20H18FNO4S/c1-3-25-17-10-14(19-22-12(2)18(27-19)20(23)24)6-9-16(17)26-11-13-4-7-15(21)8-5-13/h4-10H,3,11H2,1-2H3,(H,23,24). The summed E-state index contributed by atoms with van der Waals surface area (Å²) in [6, 6.07) is 11.5. The fourth-order valence-electron chi connectivity index (χ4n) is 2.49. The number of carbonyl (C=O) groups is 1. The highest BCUT2D eigenvalue weighted by Gasteiger charge is 2.16. The van der Waals surface area contributed by atoms with Crippen LogP contribution in [-0.2, 0) is 6.61 Å². The Morgan fingerprint density at radius 2 is 1.89 bits per heavy atom. The summed E-state index contributed by atoms with van der Waals surface area (Å²) < 4.78 is 24.5. The molecule has 0 atom stereocenters. The van der Waals surface area contributed by atoms with Crippen LogP contribution in [0.5, 0.6) is 11.5 Å². The van der Waals surface area contributed by atoms with Gasteiger partial charge in [-0.25, -0.2) is 14.2 Å². The van der Waals surface area contributed by atoms with Crippen LogP contribution in [0.1, 0.15) is 27.9 Å². The van der Waals surface area contributed by atoms with Crippen LogP contribution in [0.25, 0.3) is 10.6 Å². The Bertz CT molecular complexity index is 953. The molecule has 140 valence electrons. The minimum absolute atomic E-state index is 0.222. The van der Waals surface area contributed by atoms with Crippen LogP contribution in [-0.4, -0.2) is 22.7 Å². The number of hydrogen-bond donors (Lipinski definition) is 1. The predicted molar refractivity (Wildman–Crippen MR) is 101 cm³/mol. The summed E-state index contributed by atoms with van der Waals surface area (Å²) in [7, 11) is 0. The zero-order valence-corrected chi connectivity index (χ0v) is 15.7. The molecule has 27 heavy (non-hydrogen) atoms. The first-order chi connectivity index (χ1) is 13.0. The Morgan fingerprint density at radius 1 is 1.15 bits per heavy atom. The minimum atomic E-state index is -0.986. The Balaban J connectivity index is 1.84. The van der Waals surface area contributed by atoms with Gasteiger partial charge in [0, 0.05) is 5.56 Å². The Labute approximate surface area is 160 Å². The Kier molecular flexibility index (Phi) is 5.71. The van der Waals surface area contributed by atoms with Crippen molar-refractivity contribution in [3.63, 3.8) is 0 Å². The number of carboxylic acid groups (broad SMARTS) is 1. The van der Waals surface area contributed by atoms with Gasteiger partial charge in [0.15, 0.2) is 11.5 Å². The number of thiazole rings is 1.